The van der Waals surface area contributed by atoms with Gasteiger partial charge in [-0.1, -0.05) is 46.3 Å². The number of alkyl halides is 1. The Hall–Kier alpha value is -1.81. The average Bonchev–Trinajstić information content (AvgIpc) is 2.51. The van der Waals surface area contributed by atoms with Crippen LogP contribution >= 0.6 is 15.9 Å². The molecule has 0 N–H and O–H groups in total. The molecule has 3 nitrogen and oxygen atoms in total. The summed E-state index contributed by atoms with van der Waals surface area (Å²) in [6.45, 7) is 0. The van der Waals surface area contributed by atoms with Crippen LogP contribution in [-0.4, -0.2) is 13.1 Å². The van der Waals surface area contributed by atoms with Crippen LogP contribution in [0.25, 0.3) is 0 Å². The summed E-state index contributed by atoms with van der Waals surface area (Å²) < 4.78 is 10.7. The van der Waals surface area contributed by atoms with Crippen LogP contribution in [-0.2, 0) is 4.74 Å². The zero-order valence-electron chi connectivity index (χ0n) is 10.9. The number of ether oxygens (including phenoxy) is 2. The highest BCUT2D eigenvalue weighted by Gasteiger charge is 2.34. The van der Waals surface area contributed by atoms with Gasteiger partial charge in [0.2, 0.25) is 0 Å². The third kappa shape index (κ3) is 2.20. The maximum absolute atomic E-state index is 12.1. The number of esters is 1. The maximum atomic E-state index is 12.1. The molecule has 0 fully saturated rings. The lowest BCUT2D eigenvalue weighted by molar-refractivity contribution is 0.0249. The molecule has 2 aromatic rings. The van der Waals surface area contributed by atoms with Crippen molar-refractivity contribution in [2.45, 2.75) is 10.9 Å². The molecule has 2 aromatic carbocycles. The van der Waals surface area contributed by atoms with Crippen LogP contribution < -0.4 is 4.74 Å². The fourth-order valence-electron chi connectivity index (χ4n) is 2.36. The molecule has 0 spiro atoms. The Labute approximate surface area is 125 Å². The average molecular weight is 333 g/mol. The Morgan fingerprint density at radius 3 is 2.50 bits per heavy atom. The van der Waals surface area contributed by atoms with E-state index < -0.39 is 0 Å². The van der Waals surface area contributed by atoms with E-state index in [0.717, 1.165) is 16.9 Å². The highest BCUT2D eigenvalue weighted by atomic mass is 79.9. The molecule has 1 aliphatic rings. The number of hydrogen-bond acceptors (Lipinski definition) is 3. The number of benzene rings is 2. The van der Waals surface area contributed by atoms with Crippen LogP contribution in [0.15, 0.2) is 48.5 Å². The van der Waals surface area contributed by atoms with Crippen molar-refractivity contribution in [3.8, 4) is 5.75 Å². The van der Waals surface area contributed by atoms with Gasteiger partial charge in [-0.2, -0.15) is 0 Å². The number of fused-ring (bicyclic) bond motifs is 1. The number of carbonyl (C=O) groups excluding carboxylic acids is 1. The van der Waals surface area contributed by atoms with Crippen molar-refractivity contribution >= 4 is 21.9 Å². The zero-order valence-corrected chi connectivity index (χ0v) is 12.5. The number of halogens is 1. The number of methoxy groups -OCH3 is 1. The predicted octanol–water partition coefficient (Wildman–Crippen LogP) is 4.04. The molecule has 0 saturated carbocycles. The van der Waals surface area contributed by atoms with Crippen molar-refractivity contribution in [3.63, 3.8) is 0 Å². The molecule has 0 saturated heterocycles. The summed E-state index contributed by atoms with van der Waals surface area (Å²) in [5, 5.41) is 0. The van der Waals surface area contributed by atoms with Crippen molar-refractivity contribution in [1.29, 1.82) is 0 Å². The van der Waals surface area contributed by atoms with Crippen LogP contribution in [0.2, 0.25) is 0 Å². The summed E-state index contributed by atoms with van der Waals surface area (Å²) in [5.41, 5.74) is 2.53. The predicted molar refractivity (Wildman–Crippen MR) is 79.3 cm³/mol. The SMILES string of the molecule is COc1ccc([C@@H]2OC(=O)c3ccccc3[C@H]2Br)cc1. The molecule has 1 aliphatic heterocycles. The molecule has 102 valence electrons. The molecular weight excluding hydrogens is 320 g/mol. The number of rotatable bonds is 2. The van der Waals surface area contributed by atoms with Crippen LogP contribution in [0, 0.1) is 0 Å². The van der Waals surface area contributed by atoms with Gasteiger partial charge in [0.25, 0.3) is 0 Å². The minimum Gasteiger partial charge on any atom is -0.497 e. The second-order valence-electron chi connectivity index (χ2n) is 4.59. The van der Waals surface area contributed by atoms with Gasteiger partial charge in [0.1, 0.15) is 11.9 Å². The Kier molecular flexibility index (Phi) is 3.49. The van der Waals surface area contributed by atoms with Crippen LogP contribution in [0.5, 0.6) is 5.75 Å². The van der Waals surface area contributed by atoms with Crippen molar-refractivity contribution in [3.05, 3.63) is 65.2 Å². The smallest absolute Gasteiger partial charge is 0.339 e. The van der Waals surface area contributed by atoms with Crippen molar-refractivity contribution in [2.75, 3.05) is 7.11 Å². The summed E-state index contributed by atoms with van der Waals surface area (Å²) in [4.78, 5) is 12.0. The zero-order chi connectivity index (χ0) is 14.1. The largest absolute Gasteiger partial charge is 0.497 e. The van der Waals surface area contributed by atoms with E-state index >= 15 is 0 Å². The summed E-state index contributed by atoms with van der Waals surface area (Å²) in [7, 11) is 1.62. The lowest BCUT2D eigenvalue weighted by atomic mass is 9.94. The van der Waals surface area contributed by atoms with E-state index in [9.17, 15) is 4.79 Å². The molecule has 3 rings (SSSR count). The van der Waals surface area contributed by atoms with E-state index in [-0.39, 0.29) is 16.9 Å². The minimum atomic E-state index is -0.330. The third-order valence-electron chi connectivity index (χ3n) is 3.42. The van der Waals surface area contributed by atoms with E-state index in [1.165, 1.54) is 0 Å². The number of carbonyl (C=O) groups is 1. The van der Waals surface area contributed by atoms with E-state index in [0.29, 0.717) is 5.56 Å². The first kappa shape index (κ1) is 13.2. The summed E-state index contributed by atoms with van der Waals surface area (Å²) >= 11 is 3.64. The monoisotopic (exact) mass is 332 g/mol. The van der Waals surface area contributed by atoms with Crippen LogP contribution in [0.1, 0.15) is 32.4 Å². The van der Waals surface area contributed by atoms with Gasteiger partial charge in [-0.05, 0) is 29.3 Å². The molecule has 0 bridgehead atoms. The summed E-state index contributed by atoms with van der Waals surface area (Å²) in [5.74, 6) is 0.500. The molecule has 0 unspecified atom stereocenters. The van der Waals surface area contributed by atoms with Crippen LogP contribution in [0.3, 0.4) is 0 Å². The normalized spacial score (nSPS) is 21.0. The molecule has 0 radical (unpaired) electrons. The van der Waals surface area contributed by atoms with E-state index in [2.05, 4.69) is 15.9 Å². The topological polar surface area (TPSA) is 35.5 Å². The van der Waals surface area contributed by atoms with E-state index in [1.807, 2.05) is 42.5 Å². The molecule has 0 amide bonds. The number of hydrogen-bond donors (Lipinski definition) is 0. The highest BCUT2D eigenvalue weighted by molar-refractivity contribution is 9.09. The van der Waals surface area contributed by atoms with Gasteiger partial charge in [-0.25, -0.2) is 4.79 Å². The third-order valence-corrected chi connectivity index (χ3v) is 4.40. The quantitative estimate of drug-likeness (QED) is 0.615. The fraction of sp³-hybridized carbons (Fsp3) is 0.188. The fourth-order valence-corrected chi connectivity index (χ4v) is 3.17. The van der Waals surface area contributed by atoms with Gasteiger partial charge >= 0.3 is 5.97 Å². The molecule has 4 heteroatoms. The molecule has 0 aliphatic carbocycles. The van der Waals surface area contributed by atoms with Gasteiger partial charge in [-0.3, -0.25) is 0 Å². The van der Waals surface area contributed by atoms with Crippen LogP contribution in [0.4, 0.5) is 0 Å². The van der Waals surface area contributed by atoms with Gasteiger partial charge < -0.3 is 9.47 Å². The Morgan fingerprint density at radius 2 is 1.80 bits per heavy atom. The van der Waals surface area contributed by atoms with Gasteiger partial charge in [0.05, 0.1) is 17.5 Å². The molecule has 0 aromatic heterocycles. The van der Waals surface area contributed by atoms with E-state index in [1.54, 1.807) is 13.2 Å². The van der Waals surface area contributed by atoms with E-state index in [4.69, 9.17) is 9.47 Å². The Morgan fingerprint density at radius 1 is 1.10 bits per heavy atom. The second kappa shape index (κ2) is 5.29. The summed E-state index contributed by atoms with van der Waals surface area (Å²) in [6.07, 6.45) is -0.330. The lowest BCUT2D eigenvalue weighted by Crippen LogP contribution is -2.23. The Balaban J connectivity index is 1.97. The molecule has 20 heavy (non-hydrogen) atoms. The minimum absolute atomic E-state index is 0.0511. The van der Waals surface area contributed by atoms with Crippen molar-refractivity contribution in [2.24, 2.45) is 0 Å². The van der Waals surface area contributed by atoms with Gasteiger partial charge in [0.15, 0.2) is 0 Å². The molecular formula is C16H13BrO3. The number of cyclic esters (lactones) is 1. The maximum Gasteiger partial charge on any atom is 0.339 e. The first-order chi connectivity index (χ1) is 9.70. The lowest BCUT2D eigenvalue weighted by Gasteiger charge is -2.29. The van der Waals surface area contributed by atoms with Crippen molar-refractivity contribution in [1.82, 2.24) is 0 Å². The standard InChI is InChI=1S/C16H13BrO3/c1-19-11-8-6-10(7-9-11)15-14(17)12-4-2-3-5-13(12)16(18)20-15/h2-9,14-15H,1H3/t14-,15+/m1/s1. The molecule has 2 atom stereocenters. The first-order valence-electron chi connectivity index (χ1n) is 6.28. The molecule has 1 heterocycles. The Bertz CT molecular complexity index is 636. The van der Waals surface area contributed by atoms with Crippen molar-refractivity contribution < 1.29 is 14.3 Å². The van der Waals surface area contributed by atoms with Gasteiger partial charge in [-0.15, -0.1) is 0 Å². The second-order valence-corrected chi connectivity index (χ2v) is 5.57. The van der Waals surface area contributed by atoms with Gasteiger partial charge in [0, 0.05) is 0 Å². The summed E-state index contributed by atoms with van der Waals surface area (Å²) in [6, 6.07) is 15.1. The highest BCUT2D eigenvalue weighted by Crippen LogP contribution is 2.44. The first-order valence-corrected chi connectivity index (χ1v) is 7.20.